The van der Waals surface area contributed by atoms with Gasteiger partial charge in [-0.2, -0.15) is 4.98 Å². The Balaban J connectivity index is 2.51. The quantitative estimate of drug-likeness (QED) is 0.652. The molecule has 0 spiro atoms. The number of rotatable bonds is 3. The second-order valence-electron chi connectivity index (χ2n) is 3.79. The number of nitro groups is 1. The van der Waals surface area contributed by atoms with Gasteiger partial charge in [-0.3, -0.25) is 10.1 Å². The number of aromatic nitrogens is 2. The van der Waals surface area contributed by atoms with E-state index in [0.717, 1.165) is 0 Å². The Labute approximate surface area is 113 Å². The van der Waals surface area contributed by atoms with E-state index in [0.29, 0.717) is 10.6 Å². The molecule has 0 aliphatic heterocycles. The summed E-state index contributed by atoms with van der Waals surface area (Å²) in [5.74, 6) is -0.357. The summed E-state index contributed by atoms with van der Waals surface area (Å²) in [6, 6.07) is 6.99. The Hall–Kier alpha value is -2.41. The Kier molecular flexibility index (Phi) is 3.48. The van der Waals surface area contributed by atoms with Crippen LogP contribution < -0.4 is 11.5 Å². The molecule has 0 bridgehead atoms. The maximum Gasteiger partial charge on any atom is 0.332 e. The number of hydrogen-bond donors (Lipinski definition) is 2. The van der Waals surface area contributed by atoms with Crippen molar-refractivity contribution in [2.24, 2.45) is 0 Å². The van der Waals surface area contributed by atoms with E-state index >= 15 is 0 Å². The standard InChI is InChI=1S/C11H10ClN5O2/c12-7-4-2-1-3-6(7)5-8-9(17(18)19)10(13)16-11(14)15-8/h1-4H,5H2,(H4,13,14,15,16). The first kappa shape index (κ1) is 13.0. The van der Waals surface area contributed by atoms with Crippen molar-refractivity contribution in [2.45, 2.75) is 6.42 Å². The third kappa shape index (κ3) is 2.71. The fraction of sp³-hybridized carbons (Fsp3) is 0.0909. The van der Waals surface area contributed by atoms with E-state index in [-0.39, 0.29) is 29.6 Å². The van der Waals surface area contributed by atoms with Crippen LogP contribution in [-0.2, 0) is 6.42 Å². The molecule has 1 aromatic carbocycles. The van der Waals surface area contributed by atoms with Crippen molar-refractivity contribution in [1.29, 1.82) is 0 Å². The second kappa shape index (κ2) is 5.07. The third-order valence-electron chi connectivity index (χ3n) is 2.50. The van der Waals surface area contributed by atoms with Gasteiger partial charge < -0.3 is 11.5 Å². The average molecular weight is 280 g/mol. The number of anilines is 2. The molecule has 0 aliphatic rings. The maximum atomic E-state index is 11.0. The van der Waals surface area contributed by atoms with E-state index in [9.17, 15) is 10.1 Å². The Morgan fingerprint density at radius 1 is 1.26 bits per heavy atom. The number of nitrogens with two attached hydrogens (primary N) is 2. The topological polar surface area (TPSA) is 121 Å². The summed E-state index contributed by atoms with van der Waals surface area (Å²) < 4.78 is 0. The lowest BCUT2D eigenvalue weighted by Gasteiger charge is -2.06. The van der Waals surface area contributed by atoms with Gasteiger partial charge in [0.1, 0.15) is 5.69 Å². The molecule has 0 radical (unpaired) electrons. The number of nitrogens with zero attached hydrogens (tertiary/aromatic N) is 3. The van der Waals surface area contributed by atoms with Gasteiger partial charge in [-0.25, -0.2) is 4.98 Å². The van der Waals surface area contributed by atoms with Crippen LogP contribution in [0.1, 0.15) is 11.3 Å². The molecule has 7 nitrogen and oxygen atoms in total. The maximum absolute atomic E-state index is 11.0. The van der Waals surface area contributed by atoms with Crippen molar-refractivity contribution in [1.82, 2.24) is 9.97 Å². The first-order valence-corrected chi connectivity index (χ1v) is 5.66. The van der Waals surface area contributed by atoms with Crippen molar-refractivity contribution in [3.63, 3.8) is 0 Å². The van der Waals surface area contributed by atoms with Gasteiger partial charge in [-0.15, -0.1) is 0 Å². The molecular formula is C11H10ClN5O2. The summed E-state index contributed by atoms with van der Waals surface area (Å²) in [4.78, 5) is 17.8. The minimum absolute atomic E-state index is 0.106. The highest BCUT2D eigenvalue weighted by Gasteiger charge is 2.22. The van der Waals surface area contributed by atoms with E-state index < -0.39 is 4.92 Å². The molecule has 0 atom stereocenters. The predicted molar refractivity (Wildman–Crippen MR) is 71.8 cm³/mol. The van der Waals surface area contributed by atoms with E-state index in [1.165, 1.54) is 0 Å². The molecule has 8 heteroatoms. The normalized spacial score (nSPS) is 10.4. The van der Waals surface area contributed by atoms with Crippen LogP contribution >= 0.6 is 11.6 Å². The molecule has 98 valence electrons. The summed E-state index contributed by atoms with van der Waals surface area (Å²) in [5.41, 5.74) is 11.5. The van der Waals surface area contributed by atoms with Crippen LogP contribution in [0.25, 0.3) is 0 Å². The Bertz CT molecular complexity index is 647. The molecule has 0 saturated heterocycles. The molecule has 0 aliphatic carbocycles. The molecule has 19 heavy (non-hydrogen) atoms. The van der Waals surface area contributed by atoms with Crippen molar-refractivity contribution >= 4 is 29.1 Å². The zero-order chi connectivity index (χ0) is 14.0. The van der Waals surface area contributed by atoms with Crippen LogP contribution in [0.5, 0.6) is 0 Å². The van der Waals surface area contributed by atoms with Crippen molar-refractivity contribution < 1.29 is 4.92 Å². The Morgan fingerprint density at radius 2 is 1.95 bits per heavy atom. The van der Waals surface area contributed by atoms with Gasteiger partial charge in [0.2, 0.25) is 11.8 Å². The molecule has 0 fully saturated rings. The SMILES string of the molecule is Nc1nc(N)c([N+](=O)[O-])c(Cc2ccccc2Cl)n1. The van der Waals surface area contributed by atoms with Gasteiger partial charge in [0.25, 0.3) is 0 Å². The molecule has 4 N–H and O–H groups in total. The van der Waals surface area contributed by atoms with Gasteiger partial charge in [-0.1, -0.05) is 29.8 Å². The number of benzene rings is 1. The van der Waals surface area contributed by atoms with Crippen molar-refractivity contribution in [3.8, 4) is 0 Å². The molecule has 1 aromatic heterocycles. The lowest BCUT2D eigenvalue weighted by atomic mass is 10.1. The summed E-state index contributed by atoms with van der Waals surface area (Å²) >= 11 is 6.01. The summed E-state index contributed by atoms with van der Waals surface area (Å²) in [6.45, 7) is 0. The number of halogens is 1. The van der Waals surface area contributed by atoms with E-state index in [4.69, 9.17) is 23.1 Å². The van der Waals surface area contributed by atoms with Crippen LogP contribution in [0.15, 0.2) is 24.3 Å². The Morgan fingerprint density at radius 3 is 2.58 bits per heavy atom. The first-order valence-electron chi connectivity index (χ1n) is 5.28. The largest absolute Gasteiger partial charge is 0.378 e. The van der Waals surface area contributed by atoms with Gasteiger partial charge >= 0.3 is 5.69 Å². The minimum atomic E-state index is -0.624. The molecule has 0 unspecified atom stereocenters. The average Bonchev–Trinajstić information content (AvgIpc) is 2.30. The van der Waals surface area contributed by atoms with E-state index in [1.807, 2.05) is 0 Å². The molecule has 1 heterocycles. The molecule has 0 saturated carbocycles. The summed E-state index contributed by atoms with van der Waals surface area (Å²) in [5, 5.41) is 11.5. The number of nitrogen functional groups attached to an aromatic ring is 2. The molecule has 2 aromatic rings. The zero-order valence-electron chi connectivity index (χ0n) is 9.71. The van der Waals surface area contributed by atoms with Gasteiger partial charge in [-0.05, 0) is 11.6 Å². The highest BCUT2D eigenvalue weighted by molar-refractivity contribution is 6.31. The fourth-order valence-corrected chi connectivity index (χ4v) is 1.89. The van der Waals surface area contributed by atoms with Gasteiger partial charge in [0.15, 0.2) is 0 Å². The van der Waals surface area contributed by atoms with E-state index in [2.05, 4.69) is 9.97 Å². The van der Waals surface area contributed by atoms with Gasteiger partial charge in [0, 0.05) is 11.4 Å². The highest BCUT2D eigenvalue weighted by Crippen LogP contribution is 2.27. The van der Waals surface area contributed by atoms with Crippen LogP contribution in [-0.4, -0.2) is 14.9 Å². The lowest BCUT2D eigenvalue weighted by molar-refractivity contribution is -0.385. The fourth-order valence-electron chi connectivity index (χ4n) is 1.68. The van der Waals surface area contributed by atoms with Crippen LogP contribution in [0.4, 0.5) is 17.5 Å². The highest BCUT2D eigenvalue weighted by atomic mass is 35.5. The predicted octanol–water partition coefficient (Wildman–Crippen LogP) is 1.79. The van der Waals surface area contributed by atoms with Crippen LogP contribution in [0, 0.1) is 10.1 Å². The second-order valence-corrected chi connectivity index (χ2v) is 4.19. The monoisotopic (exact) mass is 279 g/mol. The lowest BCUT2D eigenvalue weighted by Crippen LogP contribution is -2.09. The van der Waals surface area contributed by atoms with Crippen LogP contribution in [0.2, 0.25) is 5.02 Å². The molecular weight excluding hydrogens is 270 g/mol. The summed E-state index contributed by atoms with van der Waals surface area (Å²) in [6.07, 6.45) is 0.160. The minimum Gasteiger partial charge on any atom is -0.378 e. The van der Waals surface area contributed by atoms with Crippen molar-refractivity contribution in [2.75, 3.05) is 11.5 Å². The first-order chi connectivity index (χ1) is 8.99. The smallest absolute Gasteiger partial charge is 0.332 e. The third-order valence-corrected chi connectivity index (χ3v) is 2.87. The molecule has 0 amide bonds. The van der Waals surface area contributed by atoms with Crippen LogP contribution in [0.3, 0.4) is 0 Å². The molecule has 2 rings (SSSR count). The number of hydrogen-bond acceptors (Lipinski definition) is 6. The van der Waals surface area contributed by atoms with Crippen molar-refractivity contribution in [3.05, 3.63) is 50.7 Å². The zero-order valence-corrected chi connectivity index (χ0v) is 10.5. The van der Waals surface area contributed by atoms with E-state index in [1.54, 1.807) is 24.3 Å². The van der Waals surface area contributed by atoms with Gasteiger partial charge in [0.05, 0.1) is 4.92 Å². The summed E-state index contributed by atoms with van der Waals surface area (Å²) in [7, 11) is 0.